The molecule has 3 atom stereocenters. The molecule has 1 aromatic heterocycles. The average Bonchev–Trinajstić information content (AvgIpc) is 3.11. The average molecular weight is 298 g/mol. The van der Waals surface area contributed by atoms with Crippen molar-refractivity contribution < 1.29 is 14.3 Å². The minimum absolute atomic E-state index is 0.0194. The summed E-state index contributed by atoms with van der Waals surface area (Å²) in [5.74, 6) is -0.482. The molecular formula is C17H18N2O3. The zero-order valence-electron chi connectivity index (χ0n) is 12.6. The lowest BCUT2D eigenvalue weighted by Gasteiger charge is -2.16. The number of hydrogen-bond acceptors (Lipinski definition) is 4. The Bertz CT molecular complexity index is 693. The SMILES string of the molecule is CC(=O)C1CC1OC(=O)c1cncn1[C@H](C)c1ccccc1. The van der Waals surface area contributed by atoms with E-state index in [-0.39, 0.29) is 23.8 Å². The van der Waals surface area contributed by atoms with Crippen LogP contribution in [-0.2, 0) is 9.53 Å². The number of imidazole rings is 1. The van der Waals surface area contributed by atoms with Gasteiger partial charge in [-0.25, -0.2) is 9.78 Å². The van der Waals surface area contributed by atoms with Gasteiger partial charge in [0.1, 0.15) is 17.6 Å². The summed E-state index contributed by atoms with van der Waals surface area (Å²) < 4.78 is 7.18. The van der Waals surface area contributed by atoms with Gasteiger partial charge in [0.25, 0.3) is 0 Å². The maximum absolute atomic E-state index is 12.3. The van der Waals surface area contributed by atoms with E-state index in [0.717, 1.165) is 5.56 Å². The summed E-state index contributed by atoms with van der Waals surface area (Å²) in [5, 5.41) is 0. The minimum atomic E-state index is -0.422. The largest absolute Gasteiger partial charge is 0.457 e. The number of ketones is 1. The molecule has 1 aliphatic carbocycles. The van der Waals surface area contributed by atoms with Crippen LogP contribution in [0, 0.1) is 5.92 Å². The lowest BCUT2D eigenvalue weighted by Crippen LogP contribution is -2.17. The first-order valence-electron chi connectivity index (χ1n) is 7.36. The molecule has 0 saturated heterocycles. The van der Waals surface area contributed by atoms with E-state index in [1.165, 1.54) is 13.1 Å². The van der Waals surface area contributed by atoms with Gasteiger partial charge in [0.2, 0.25) is 0 Å². The Morgan fingerprint density at radius 2 is 2.05 bits per heavy atom. The van der Waals surface area contributed by atoms with E-state index in [1.807, 2.05) is 37.3 Å². The van der Waals surface area contributed by atoms with Gasteiger partial charge < -0.3 is 9.30 Å². The highest BCUT2D eigenvalue weighted by Gasteiger charge is 2.44. The molecule has 114 valence electrons. The van der Waals surface area contributed by atoms with E-state index >= 15 is 0 Å². The van der Waals surface area contributed by atoms with Crippen molar-refractivity contribution in [2.75, 3.05) is 0 Å². The predicted molar refractivity (Wildman–Crippen MR) is 80.5 cm³/mol. The number of rotatable bonds is 5. The molecule has 1 heterocycles. The lowest BCUT2D eigenvalue weighted by atomic mass is 10.1. The van der Waals surface area contributed by atoms with Crippen LogP contribution in [0.4, 0.5) is 0 Å². The van der Waals surface area contributed by atoms with Crippen LogP contribution in [0.1, 0.15) is 42.4 Å². The second-order valence-electron chi connectivity index (χ2n) is 5.67. The van der Waals surface area contributed by atoms with Crippen molar-refractivity contribution in [3.63, 3.8) is 0 Å². The fourth-order valence-electron chi connectivity index (χ4n) is 2.59. The number of Topliss-reactive ketones (excluding diaryl/α,β-unsaturated/α-hetero) is 1. The highest BCUT2D eigenvalue weighted by Crippen LogP contribution is 2.35. The number of nitrogens with zero attached hydrogens (tertiary/aromatic N) is 2. The van der Waals surface area contributed by atoms with Gasteiger partial charge in [-0.15, -0.1) is 0 Å². The van der Waals surface area contributed by atoms with Crippen molar-refractivity contribution in [1.29, 1.82) is 0 Å². The molecule has 0 bridgehead atoms. The molecule has 2 unspecified atom stereocenters. The molecule has 22 heavy (non-hydrogen) atoms. The van der Waals surface area contributed by atoms with E-state index in [2.05, 4.69) is 4.98 Å². The van der Waals surface area contributed by atoms with E-state index in [0.29, 0.717) is 12.1 Å². The van der Waals surface area contributed by atoms with Crippen LogP contribution < -0.4 is 0 Å². The molecule has 1 aliphatic rings. The summed E-state index contributed by atoms with van der Waals surface area (Å²) >= 11 is 0. The Labute approximate surface area is 128 Å². The third kappa shape index (κ3) is 2.79. The maximum atomic E-state index is 12.3. The van der Waals surface area contributed by atoms with E-state index in [9.17, 15) is 9.59 Å². The molecule has 0 N–H and O–H groups in total. The molecular weight excluding hydrogens is 280 g/mol. The molecule has 1 saturated carbocycles. The number of ether oxygens (including phenoxy) is 1. The van der Waals surface area contributed by atoms with Gasteiger partial charge in [-0.05, 0) is 25.8 Å². The normalized spacial score (nSPS) is 21.2. The summed E-state index contributed by atoms with van der Waals surface area (Å²) in [6.07, 6.45) is 3.49. The molecule has 1 aromatic carbocycles. The van der Waals surface area contributed by atoms with E-state index in [1.54, 1.807) is 10.9 Å². The number of hydrogen-bond donors (Lipinski definition) is 0. The molecule has 0 amide bonds. The number of carbonyl (C=O) groups is 2. The standard InChI is InChI=1S/C17H18N2O3/c1-11(13-6-4-3-5-7-13)19-10-18-9-15(19)17(21)22-16-8-14(16)12(2)20/h3-7,9-11,14,16H,8H2,1-2H3/t11-,14?,16?/m1/s1. The van der Waals surface area contributed by atoms with Crippen LogP contribution in [0.25, 0.3) is 0 Å². The molecule has 0 aliphatic heterocycles. The van der Waals surface area contributed by atoms with Gasteiger partial charge in [0.15, 0.2) is 0 Å². The first kappa shape index (κ1) is 14.5. The van der Waals surface area contributed by atoms with Crippen LogP contribution in [0.15, 0.2) is 42.9 Å². The fraction of sp³-hybridized carbons (Fsp3) is 0.353. The Kier molecular flexibility index (Phi) is 3.79. The van der Waals surface area contributed by atoms with Crippen molar-refractivity contribution in [3.8, 4) is 0 Å². The fourth-order valence-corrected chi connectivity index (χ4v) is 2.59. The van der Waals surface area contributed by atoms with Crippen molar-refractivity contribution in [1.82, 2.24) is 9.55 Å². The second kappa shape index (κ2) is 5.75. The molecule has 0 spiro atoms. The first-order chi connectivity index (χ1) is 10.6. The predicted octanol–water partition coefficient (Wildman–Crippen LogP) is 2.63. The minimum Gasteiger partial charge on any atom is -0.457 e. The van der Waals surface area contributed by atoms with Gasteiger partial charge in [-0.3, -0.25) is 4.79 Å². The lowest BCUT2D eigenvalue weighted by molar-refractivity contribution is -0.118. The second-order valence-corrected chi connectivity index (χ2v) is 5.67. The van der Waals surface area contributed by atoms with E-state index in [4.69, 9.17) is 4.74 Å². The molecule has 0 radical (unpaired) electrons. The molecule has 5 heteroatoms. The number of aromatic nitrogens is 2. The van der Waals surface area contributed by atoms with Crippen molar-refractivity contribution >= 4 is 11.8 Å². The zero-order valence-corrected chi connectivity index (χ0v) is 12.6. The smallest absolute Gasteiger partial charge is 0.356 e. The number of benzene rings is 1. The number of esters is 1. The van der Waals surface area contributed by atoms with Gasteiger partial charge in [0.05, 0.1) is 24.5 Å². The highest BCUT2D eigenvalue weighted by atomic mass is 16.6. The molecule has 2 aromatic rings. The Morgan fingerprint density at radius 1 is 1.32 bits per heavy atom. The summed E-state index contributed by atoms with van der Waals surface area (Å²) in [4.78, 5) is 27.6. The summed E-state index contributed by atoms with van der Waals surface area (Å²) in [6, 6.07) is 9.87. The van der Waals surface area contributed by atoms with Crippen LogP contribution in [0.3, 0.4) is 0 Å². The van der Waals surface area contributed by atoms with Gasteiger partial charge in [-0.2, -0.15) is 0 Å². The van der Waals surface area contributed by atoms with Crippen LogP contribution in [0.2, 0.25) is 0 Å². The summed E-state index contributed by atoms with van der Waals surface area (Å²) in [6.45, 7) is 3.53. The molecule has 1 fully saturated rings. The summed E-state index contributed by atoms with van der Waals surface area (Å²) in [5.41, 5.74) is 1.49. The first-order valence-corrected chi connectivity index (χ1v) is 7.36. The van der Waals surface area contributed by atoms with Gasteiger partial charge >= 0.3 is 5.97 Å². The maximum Gasteiger partial charge on any atom is 0.356 e. The molecule has 5 nitrogen and oxygen atoms in total. The third-order valence-corrected chi connectivity index (χ3v) is 4.09. The quantitative estimate of drug-likeness (QED) is 0.796. The Hall–Kier alpha value is -2.43. The third-order valence-electron chi connectivity index (χ3n) is 4.09. The Balaban J connectivity index is 1.75. The van der Waals surface area contributed by atoms with Gasteiger partial charge in [-0.1, -0.05) is 30.3 Å². The molecule has 3 rings (SSSR count). The highest BCUT2D eigenvalue weighted by molar-refractivity contribution is 5.89. The van der Waals surface area contributed by atoms with Crippen molar-refractivity contribution in [2.24, 2.45) is 5.92 Å². The van der Waals surface area contributed by atoms with Crippen molar-refractivity contribution in [3.05, 3.63) is 54.1 Å². The zero-order chi connectivity index (χ0) is 15.7. The topological polar surface area (TPSA) is 61.2 Å². The van der Waals surface area contributed by atoms with Crippen molar-refractivity contribution in [2.45, 2.75) is 32.4 Å². The van der Waals surface area contributed by atoms with Crippen LogP contribution >= 0.6 is 0 Å². The number of carbonyl (C=O) groups excluding carboxylic acids is 2. The summed E-state index contributed by atoms with van der Waals surface area (Å²) in [7, 11) is 0. The monoisotopic (exact) mass is 298 g/mol. The van der Waals surface area contributed by atoms with Gasteiger partial charge in [0, 0.05) is 0 Å². The van der Waals surface area contributed by atoms with E-state index < -0.39 is 5.97 Å². The van der Waals surface area contributed by atoms with Crippen LogP contribution in [-0.4, -0.2) is 27.4 Å². The Morgan fingerprint density at radius 3 is 2.68 bits per heavy atom. The van der Waals surface area contributed by atoms with Crippen LogP contribution in [0.5, 0.6) is 0 Å².